The van der Waals surface area contributed by atoms with Crippen LogP contribution in [0.4, 0.5) is 5.95 Å². The maximum Gasteiger partial charge on any atom is 0.240 e. The van der Waals surface area contributed by atoms with Crippen LogP contribution in [-0.4, -0.2) is 48.8 Å². The highest BCUT2D eigenvalue weighted by atomic mass is 35.5. The summed E-state index contributed by atoms with van der Waals surface area (Å²) in [5, 5.41) is 1.50. The van der Waals surface area contributed by atoms with Crippen LogP contribution in [0.15, 0.2) is 6.07 Å². The summed E-state index contributed by atoms with van der Waals surface area (Å²) in [5.74, 6) is 0.423. The molecule has 122 valence electrons. The van der Waals surface area contributed by atoms with Crippen molar-refractivity contribution in [3.8, 4) is 0 Å². The Hall–Kier alpha value is -0.960. The fraction of sp³-hybridized carbons (Fsp3) is 0.692. The normalized spacial score (nSPS) is 24.0. The largest absolute Gasteiger partial charge is 0.254 e. The fourth-order valence-corrected chi connectivity index (χ4v) is 4.44. The summed E-state index contributed by atoms with van der Waals surface area (Å²) in [6.07, 6.45) is 4.48. The summed E-state index contributed by atoms with van der Waals surface area (Å²) in [6.45, 7) is 0.799. The molecule has 1 unspecified atom stereocenters. The molecule has 1 saturated carbocycles. The van der Waals surface area contributed by atoms with Gasteiger partial charge in [0.05, 0.1) is 5.69 Å². The summed E-state index contributed by atoms with van der Waals surface area (Å²) in [6, 6.07) is 1.74. The molecule has 0 spiro atoms. The maximum atomic E-state index is 12.4. The fourth-order valence-electron chi connectivity index (χ4n) is 3.02. The Kier molecular flexibility index (Phi) is 4.54. The third-order valence-corrected chi connectivity index (χ3v) is 6.08. The second-order valence-electron chi connectivity index (χ2n) is 5.93. The van der Waals surface area contributed by atoms with Crippen LogP contribution < -0.4 is 10.1 Å². The van der Waals surface area contributed by atoms with Crippen molar-refractivity contribution in [2.75, 3.05) is 24.9 Å². The standard InChI is InChI=1S/C13H20ClN5O2S/c1-19-8-10(7-15-19)22(20,21)18-13-16-11(6-12(14)17-13)9-4-2-3-5-9/h6,9-10,15H,2-5,7-8H2,1H3,(H,16,17,18). The van der Waals surface area contributed by atoms with Gasteiger partial charge in [-0.3, -0.25) is 10.1 Å². The number of nitrogens with one attached hydrogen (secondary N) is 2. The Morgan fingerprint density at radius 2 is 2.09 bits per heavy atom. The molecule has 22 heavy (non-hydrogen) atoms. The van der Waals surface area contributed by atoms with Crippen molar-refractivity contribution in [2.24, 2.45) is 0 Å². The zero-order valence-corrected chi connectivity index (χ0v) is 14.0. The lowest BCUT2D eigenvalue weighted by molar-refractivity contribution is 0.316. The Labute approximate surface area is 135 Å². The highest BCUT2D eigenvalue weighted by Gasteiger charge is 2.32. The van der Waals surface area contributed by atoms with Gasteiger partial charge in [0.15, 0.2) is 0 Å². The van der Waals surface area contributed by atoms with E-state index in [1.54, 1.807) is 11.1 Å². The number of halogens is 1. The predicted molar refractivity (Wildman–Crippen MR) is 85.2 cm³/mol. The van der Waals surface area contributed by atoms with Gasteiger partial charge >= 0.3 is 0 Å². The van der Waals surface area contributed by atoms with Gasteiger partial charge in [0, 0.05) is 26.1 Å². The molecule has 2 heterocycles. The molecule has 1 aromatic rings. The average Bonchev–Trinajstić information content (AvgIpc) is 3.08. The molecule has 1 atom stereocenters. The second kappa shape index (κ2) is 6.27. The van der Waals surface area contributed by atoms with Gasteiger partial charge in [-0.05, 0) is 18.9 Å². The van der Waals surface area contributed by atoms with E-state index in [9.17, 15) is 8.42 Å². The minimum absolute atomic E-state index is 0.0731. The Balaban J connectivity index is 1.79. The highest BCUT2D eigenvalue weighted by Crippen LogP contribution is 2.34. The van der Waals surface area contributed by atoms with Crippen molar-refractivity contribution in [3.63, 3.8) is 0 Å². The van der Waals surface area contributed by atoms with Crippen molar-refractivity contribution >= 4 is 27.6 Å². The third-order valence-electron chi connectivity index (χ3n) is 4.23. The molecule has 3 rings (SSSR count). The molecule has 0 radical (unpaired) electrons. The highest BCUT2D eigenvalue weighted by molar-refractivity contribution is 7.93. The molecule has 9 heteroatoms. The Morgan fingerprint density at radius 1 is 1.36 bits per heavy atom. The van der Waals surface area contributed by atoms with E-state index in [2.05, 4.69) is 20.1 Å². The molecule has 7 nitrogen and oxygen atoms in total. The summed E-state index contributed by atoms with van der Waals surface area (Å²) in [7, 11) is -1.73. The molecule has 1 aliphatic carbocycles. The minimum Gasteiger partial charge on any atom is -0.254 e. The topological polar surface area (TPSA) is 87.2 Å². The second-order valence-corrected chi connectivity index (χ2v) is 8.28. The van der Waals surface area contributed by atoms with Crippen molar-refractivity contribution in [1.82, 2.24) is 20.4 Å². The smallest absolute Gasteiger partial charge is 0.240 e. The van der Waals surface area contributed by atoms with E-state index in [1.807, 2.05) is 7.05 Å². The van der Waals surface area contributed by atoms with Gasteiger partial charge in [-0.25, -0.2) is 23.4 Å². The molecule has 2 fully saturated rings. The molecule has 0 bridgehead atoms. The van der Waals surface area contributed by atoms with E-state index >= 15 is 0 Å². The van der Waals surface area contributed by atoms with Crippen LogP contribution in [0.5, 0.6) is 0 Å². The van der Waals surface area contributed by atoms with Crippen molar-refractivity contribution in [3.05, 3.63) is 16.9 Å². The molecule has 2 aliphatic rings. The Bertz CT molecular complexity index is 648. The van der Waals surface area contributed by atoms with E-state index in [0.29, 0.717) is 19.0 Å². The number of hydrogen-bond acceptors (Lipinski definition) is 6. The number of anilines is 1. The van der Waals surface area contributed by atoms with Gasteiger partial charge in [-0.2, -0.15) is 0 Å². The van der Waals surface area contributed by atoms with Crippen molar-refractivity contribution in [1.29, 1.82) is 0 Å². The lowest BCUT2D eigenvalue weighted by Gasteiger charge is -2.14. The van der Waals surface area contributed by atoms with Gasteiger partial charge in [-0.15, -0.1) is 0 Å². The van der Waals surface area contributed by atoms with E-state index in [0.717, 1.165) is 18.5 Å². The van der Waals surface area contributed by atoms with Crippen LogP contribution in [0.2, 0.25) is 5.15 Å². The summed E-state index contributed by atoms with van der Waals surface area (Å²) in [5.41, 5.74) is 3.81. The molecule has 1 saturated heterocycles. The summed E-state index contributed by atoms with van der Waals surface area (Å²) < 4.78 is 27.3. The zero-order chi connectivity index (χ0) is 15.7. The molecule has 1 aromatic heterocycles. The number of rotatable bonds is 4. The lowest BCUT2D eigenvalue weighted by atomic mass is 10.0. The molecular formula is C13H20ClN5O2S. The predicted octanol–water partition coefficient (Wildman–Crippen LogP) is 1.35. The molecule has 0 aromatic carbocycles. The first kappa shape index (κ1) is 15.9. The quantitative estimate of drug-likeness (QED) is 0.801. The lowest BCUT2D eigenvalue weighted by Crippen LogP contribution is -2.32. The first-order chi connectivity index (χ1) is 10.4. The Morgan fingerprint density at radius 3 is 2.73 bits per heavy atom. The van der Waals surface area contributed by atoms with Gasteiger partial charge in [0.2, 0.25) is 16.0 Å². The van der Waals surface area contributed by atoms with Crippen LogP contribution in [0.1, 0.15) is 37.3 Å². The van der Waals surface area contributed by atoms with E-state index in [1.165, 1.54) is 12.8 Å². The van der Waals surface area contributed by atoms with Gasteiger partial charge in [0.1, 0.15) is 10.4 Å². The van der Waals surface area contributed by atoms with E-state index in [4.69, 9.17) is 11.6 Å². The molecule has 2 N–H and O–H groups in total. The maximum absolute atomic E-state index is 12.4. The molecular weight excluding hydrogens is 326 g/mol. The minimum atomic E-state index is -3.54. The first-order valence-electron chi connectivity index (χ1n) is 7.45. The van der Waals surface area contributed by atoms with Crippen LogP contribution in [-0.2, 0) is 10.0 Å². The van der Waals surface area contributed by atoms with Crippen LogP contribution >= 0.6 is 11.6 Å². The summed E-state index contributed by atoms with van der Waals surface area (Å²) in [4.78, 5) is 8.38. The van der Waals surface area contributed by atoms with Crippen LogP contribution in [0, 0.1) is 0 Å². The van der Waals surface area contributed by atoms with Crippen LogP contribution in [0.3, 0.4) is 0 Å². The number of hydrazine groups is 1. The molecule has 0 amide bonds. The van der Waals surface area contributed by atoms with E-state index in [-0.39, 0.29) is 11.1 Å². The summed E-state index contributed by atoms with van der Waals surface area (Å²) >= 11 is 6.03. The monoisotopic (exact) mass is 345 g/mol. The number of nitrogens with zero attached hydrogens (tertiary/aromatic N) is 3. The van der Waals surface area contributed by atoms with Crippen molar-refractivity contribution in [2.45, 2.75) is 36.9 Å². The SMILES string of the molecule is CN1CC(S(=O)(=O)Nc2nc(Cl)cc(C3CCCC3)n2)CN1. The van der Waals surface area contributed by atoms with Crippen molar-refractivity contribution < 1.29 is 8.42 Å². The number of aromatic nitrogens is 2. The zero-order valence-electron chi connectivity index (χ0n) is 12.4. The first-order valence-corrected chi connectivity index (χ1v) is 9.37. The van der Waals surface area contributed by atoms with Gasteiger partial charge in [-0.1, -0.05) is 24.4 Å². The number of sulfonamides is 1. The number of hydrogen-bond donors (Lipinski definition) is 2. The van der Waals surface area contributed by atoms with Crippen LogP contribution in [0.25, 0.3) is 0 Å². The third kappa shape index (κ3) is 3.51. The van der Waals surface area contributed by atoms with Gasteiger partial charge < -0.3 is 0 Å². The molecule has 1 aliphatic heterocycles. The van der Waals surface area contributed by atoms with Gasteiger partial charge in [0.25, 0.3) is 0 Å². The average molecular weight is 346 g/mol. The van der Waals surface area contributed by atoms with E-state index < -0.39 is 15.3 Å².